The number of aliphatic carboxylic acids is 1. The molecule has 3 rings (SSSR count). The van der Waals surface area contributed by atoms with Crippen molar-refractivity contribution in [1.82, 2.24) is 19.5 Å². The number of imidazole rings is 1. The van der Waals surface area contributed by atoms with E-state index in [2.05, 4.69) is 15.0 Å². The predicted molar refractivity (Wildman–Crippen MR) is 90.4 cm³/mol. The second-order valence-electron chi connectivity index (χ2n) is 6.10. The van der Waals surface area contributed by atoms with E-state index in [0.29, 0.717) is 23.5 Å². The van der Waals surface area contributed by atoms with E-state index in [1.807, 2.05) is 0 Å². The van der Waals surface area contributed by atoms with E-state index >= 15 is 0 Å². The Hall–Kier alpha value is -2.07. The summed E-state index contributed by atoms with van der Waals surface area (Å²) < 4.78 is 30.3. The summed E-state index contributed by atoms with van der Waals surface area (Å²) in [5.74, 6) is -0.957. The van der Waals surface area contributed by atoms with Crippen LogP contribution >= 0.6 is 7.60 Å². The molecule has 11 nitrogen and oxygen atoms in total. The lowest BCUT2D eigenvalue weighted by Gasteiger charge is -2.28. The molecular formula is C14H20N5O6P. The van der Waals surface area contributed by atoms with Gasteiger partial charge in [-0.25, -0.2) is 15.0 Å². The molecule has 2 aromatic rings. The van der Waals surface area contributed by atoms with Gasteiger partial charge in [0.1, 0.15) is 18.2 Å². The van der Waals surface area contributed by atoms with Crippen LogP contribution in [0.2, 0.25) is 0 Å². The van der Waals surface area contributed by atoms with E-state index in [0.717, 1.165) is 0 Å². The molecule has 0 spiro atoms. The minimum absolute atomic E-state index is 0.0731. The topological polar surface area (TPSA) is 152 Å². The first kappa shape index (κ1) is 18.7. The summed E-state index contributed by atoms with van der Waals surface area (Å²) in [5.41, 5.74) is 6.84. The highest BCUT2D eigenvalue weighted by atomic mass is 31.2. The van der Waals surface area contributed by atoms with Crippen molar-refractivity contribution in [2.75, 3.05) is 25.3 Å². The number of aromatic nitrogens is 4. The Morgan fingerprint density at radius 1 is 1.46 bits per heavy atom. The Morgan fingerprint density at radius 3 is 2.88 bits per heavy atom. The number of ether oxygens (including phenoxy) is 1. The number of carboxylic acid groups (broad SMARTS) is 1. The molecule has 0 bridgehead atoms. The van der Waals surface area contributed by atoms with Crippen LogP contribution in [0.25, 0.3) is 11.2 Å². The molecule has 1 atom stereocenters. The van der Waals surface area contributed by atoms with Crippen molar-refractivity contribution in [3.63, 3.8) is 0 Å². The number of carbonyl (C=O) groups is 1. The first-order chi connectivity index (χ1) is 12.4. The number of rotatable bonds is 7. The maximum atomic E-state index is 12.5. The molecule has 1 aliphatic heterocycles. The zero-order chi connectivity index (χ0) is 18.7. The van der Waals surface area contributed by atoms with Crippen molar-refractivity contribution in [3.8, 4) is 0 Å². The SMILES string of the molecule is C[C@H](Cn1cnc2c(N)ncnc21)OCP1(=O)OCC(CC(=O)O)CO1. The van der Waals surface area contributed by atoms with E-state index < -0.39 is 13.6 Å². The van der Waals surface area contributed by atoms with Crippen LogP contribution < -0.4 is 5.73 Å². The molecule has 0 amide bonds. The summed E-state index contributed by atoms with van der Waals surface area (Å²) in [6, 6.07) is 0. The summed E-state index contributed by atoms with van der Waals surface area (Å²) in [5, 5.41) is 8.76. The van der Waals surface area contributed by atoms with Gasteiger partial charge in [-0.1, -0.05) is 0 Å². The number of nitrogens with zero attached hydrogens (tertiary/aromatic N) is 4. The normalized spacial score (nSPS) is 24.6. The lowest BCUT2D eigenvalue weighted by atomic mass is 10.1. The van der Waals surface area contributed by atoms with Gasteiger partial charge in [-0.05, 0) is 6.92 Å². The first-order valence-electron chi connectivity index (χ1n) is 7.99. The average Bonchev–Trinajstić information content (AvgIpc) is 3.00. The zero-order valence-corrected chi connectivity index (χ0v) is 15.0. The van der Waals surface area contributed by atoms with Crippen molar-refractivity contribution in [2.45, 2.75) is 26.0 Å². The van der Waals surface area contributed by atoms with Crippen LogP contribution in [0.5, 0.6) is 0 Å². The quantitative estimate of drug-likeness (QED) is 0.663. The molecule has 2 aromatic heterocycles. The maximum Gasteiger partial charge on any atom is 0.356 e. The van der Waals surface area contributed by atoms with E-state index in [1.54, 1.807) is 17.8 Å². The van der Waals surface area contributed by atoms with Gasteiger partial charge in [-0.15, -0.1) is 0 Å². The third kappa shape index (κ3) is 4.36. The van der Waals surface area contributed by atoms with Gasteiger partial charge < -0.3 is 29.2 Å². The molecule has 3 N–H and O–H groups in total. The third-order valence-corrected chi connectivity index (χ3v) is 5.43. The number of fused-ring (bicyclic) bond motifs is 1. The molecule has 0 radical (unpaired) electrons. The van der Waals surface area contributed by atoms with Crippen molar-refractivity contribution < 1.29 is 28.3 Å². The van der Waals surface area contributed by atoms with Gasteiger partial charge >= 0.3 is 13.6 Å². The van der Waals surface area contributed by atoms with E-state index in [4.69, 9.17) is 24.6 Å². The van der Waals surface area contributed by atoms with Crippen LogP contribution in [-0.4, -0.2) is 56.3 Å². The number of anilines is 1. The lowest BCUT2D eigenvalue weighted by Crippen LogP contribution is -2.26. The van der Waals surface area contributed by atoms with Gasteiger partial charge in [0.25, 0.3) is 0 Å². The molecular weight excluding hydrogens is 365 g/mol. The molecule has 0 aromatic carbocycles. The molecule has 3 heterocycles. The Bertz CT molecular complexity index is 830. The fraction of sp³-hybridized carbons (Fsp3) is 0.571. The highest BCUT2D eigenvalue weighted by molar-refractivity contribution is 7.53. The second-order valence-corrected chi connectivity index (χ2v) is 8.10. The zero-order valence-electron chi connectivity index (χ0n) is 14.1. The fourth-order valence-electron chi connectivity index (χ4n) is 2.54. The van der Waals surface area contributed by atoms with Crippen molar-refractivity contribution in [2.24, 2.45) is 5.92 Å². The fourth-order valence-corrected chi connectivity index (χ4v) is 4.08. The lowest BCUT2D eigenvalue weighted by molar-refractivity contribution is -0.139. The number of hydrogen-bond acceptors (Lipinski definition) is 9. The molecule has 1 fully saturated rings. The molecule has 12 heteroatoms. The highest BCUT2D eigenvalue weighted by Crippen LogP contribution is 2.51. The van der Waals surface area contributed by atoms with E-state index in [9.17, 15) is 9.36 Å². The Morgan fingerprint density at radius 2 is 2.19 bits per heavy atom. The minimum Gasteiger partial charge on any atom is -0.481 e. The molecule has 1 aliphatic rings. The Kier molecular flexibility index (Phi) is 5.52. The van der Waals surface area contributed by atoms with Crippen LogP contribution in [0.1, 0.15) is 13.3 Å². The first-order valence-corrected chi connectivity index (χ1v) is 9.72. The van der Waals surface area contributed by atoms with Crippen LogP contribution in [0.4, 0.5) is 5.82 Å². The summed E-state index contributed by atoms with van der Waals surface area (Å²) in [6.45, 7) is 2.36. The number of hydrogen-bond donors (Lipinski definition) is 2. The van der Waals surface area contributed by atoms with E-state index in [1.165, 1.54) is 6.33 Å². The van der Waals surface area contributed by atoms with Gasteiger partial charge in [0.2, 0.25) is 0 Å². The summed E-state index contributed by atoms with van der Waals surface area (Å²) in [7, 11) is -3.38. The maximum absolute atomic E-state index is 12.5. The second kappa shape index (κ2) is 7.67. The van der Waals surface area contributed by atoms with Crippen molar-refractivity contribution in [3.05, 3.63) is 12.7 Å². The molecule has 0 saturated carbocycles. The predicted octanol–water partition coefficient (Wildman–Crippen LogP) is 1.10. The highest BCUT2D eigenvalue weighted by Gasteiger charge is 2.34. The van der Waals surface area contributed by atoms with Gasteiger partial charge in [-0.3, -0.25) is 9.36 Å². The van der Waals surface area contributed by atoms with Crippen LogP contribution in [0.3, 0.4) is 0 Å². The third-order valence-electron chi connectivity index (χ3n) is 3.88. The van der Waals surface area contributed by atoms with Gasteiger partial charge in [0.15, 0.2) is 11.5 Å². The summed E-state index contributed by atoms with van der Waals surface area (Å²) in [4.78, 5) is 22.9. The smallest absolute Gasteiger partial charge is 0.356 e. The number of carboxylic acids is 1. The molecule has 142 valence electrons. The standard InChI is InChI=1S/C14H20N5O6P/c1-9(3-19-7-18-12-13(15)16-6-17-14(12)19)23-8-26(22)24-4-10(5-25-26)2-11(20)21/h6-7,9-10H,2-5,8H2,1H3,(H,20,21)(H2,15,16,17)/t9-,10?,26?/m1/s1. The largest absolute Gasteiger partial charge is 0.481 e. The van der Waals surface area contributed by atoms with Crippen molar-refractivity contribution in [1.29, 1.82) is 0 Å². The van der Waals surface area contributed by atoms with E-state index in [-0.39, 0.29) is 38.0 Å². The van der Waals surface area contributed by atoms with Crippen LogP contribution in [0.15, 0.2) is 12.7 Å². The molecule has 1 saturated heterocycles. The van der Waals surface area contributed by atoms with Gasteiger partial charge in [0.05, 0.1) is 38.6 Å². The van der Waals surface area contributed by atoms with Crippen LogP contribution in [-0.2, 0) is 29.7 Å². The number of nitrogen functional groups attached to an aromatic ring is 1. The van der Waals surface area contributed by atoms with Gasteiger partial charge in [-0.2, -0.15) is 0 Å². The average molecular weight is 385 g/mol. The van der Waals surface area contributed by atoms with Crippen molar-refractivity contribution >= 4 is 30.5 Å². The molecule has 26 heavy (non-hydrogen) atoms. The van der Waals surface area contributed by atoms with Gasteiger partial charge in [0, 0.05) is 5.92 Å². The molecule has 0 unspecified atom stereocenters. The summed E-state index contributed by atoms with van der Waals surface area (Å²) >= 11 is 0. The Labute approximate surface area is 149 Å². The minimum atomic E-state index is -3.38. The van der Waals surface area contributed by atoms with Crippen LogP contribution in [0, 0.1) is 5.92 Å². The molecule has 0 aliphatic carbocycles. The Balaban J connectivity index is 1.52. The summed E-state index contributed by atoms with van der Waals surface area (Å²) in [6.07, 6.45) is 2.32. The number of nitrogens with two attached hydrogens (primary N) is 1. The monoisotopic (exact) mass is 385 g/mol.